The maximum absolute atomic E-state index is 11.0. The maximum atomic E-state index is 11.0. The second-order valence-electron chi connectivity index (χ2n) is 5.50. The van der Waals surface area contributed by atoms with Gasteiger partial charge >= 0.3 is 0 Å². The van der Waals surface area contributed by atoms with Crippen molar-refractivity contribution in [2.24, 2.45) is 4.99 Å². The van der Waals surface area contributed by atoms with Gasteiger partial charge in [-0.3, -0.25) is 15.1 Å². The van der Waals surface area contributed by atoms with Crippen molar-refractivity contribution in [3.8, 4) is 0 Å². The number of nitro benzene ring substituents is 1. The van der Waals surface area contributed by atoms with Crippen molar-refractivity contribution in [1.82, 2.24) is 10.6 Å². The molecule has 0 aliphatic carbocycles. The molecule has 0 amide bonds. The van der Waals surface area contributed by atoms with Crippen LogP contribution in [0.3, 0.4) is 0 Å². The van der Waals surface area contributed by atoms with Gasteiger partial charge in [0.2, 0.25) is 0 Å². The van der Waals surface area contributed by atoms with E-state index in [1.54, 1.807) is 36.6 Å². The number of aliphatic imine (C=N–C) groups is 1. The van der Waals surface area contributed by atoms with E-state index in [1.165, 1.54) is 10.9 Å². The highest BCUT2D eigenvalue weighted by Crippen LogP contribution is 2.22. The van der Waals surface area contributed by atoms with Crippen molar-refractivity contribution >= 4 is 28.7 Å². The Hall–Kier alpha value is -2.61. The van der Waals surface area contributed by atoms with Gasteiger partial charge in [-0.05, 0) is 17.5 Å². The number of rotatable bonds is 8. The Bertz CT molecular complexity index is 703. The average Bonchev–Trinajstić information content (AvgIpc) is 3.16. The monoisotopic (exact) mass is 361 g/mol. The molecule has 0 spiro atoms. The van der Waals surface area contributed by atoms with Crippen molar-refractivity contribution in [2.45, 2.75) is 12.8 Å². The van der Waals surface area contributed by atoms with E-state index in [9.17, 15) is 10.1 Å². The van der Waals surface area contributed by atoms with E-state index in [2.05, 4.69) is 45.4 Å². The van der Waals surface area contributed by atoms with Crippen LogP contribution in [0, 0.1) is 10.1 Å². The van der Waals surface area contributed by atoms with E-state index in [-0.39, 0.29) is 10.6 Å². The Labute approximate surface area is 151 Å². The highest BCUT2D eigenvalue weighted by Gasteiger charge is 2.11. The number of para-hydroxylation sites is 2. The second kappa shape index (κ2) is 9.63. The predicted molar refractivity (Wildman–Crippen MR) is 104 cm³/mol. The Morgan fingerprint density at radius 1 is 1.24 bits per heavy atom. The third kappa shape index (κ3) is 5.75. The molecule has 134 valence electrons. The molecular formula is C17H23N5O2S. The van der Waals surface area contributed by atoms with Gasteiger partial charge in [0.25, 0.3) is 5.69 Å². The van der Waals surface area contributed by atoms with Crippen molar-refractivity contribution in [3.05, 3.63) is 56.8 Å². The summed E-state index contributed by atoms with van der Waals surface area (Å²) >= 11 is 1.75. The van der Waals surface area contributed by atoms with Crippen molar-refractivity contribution in [2.75, 3.05) is 32.0 Å². The molecule has 8 heteroatoms. The van der Waals surface area contributed by atoms with Crippen molar-refractivity contribution < 1.29 is 4.92 Å². The molecule has 0 fully saturated rings. The molecule has 0 saturated heterocycles. The summed E-state index contributed by atoms with van der Waals surface area (Å²) in [6, 6.07) is 10.8. The molecule has 1 aromatic carbocycles. The zero-order chi connectivity index (χ0) is 18.1. The minimum atomic E-state index is -0.387. The van der Waals surface area contributed by atoms with Crippen LogP contribution in [-0.2, 0) is 0 Å². The van der Waals surface area contributed by atoms with Crippen molar-refractivity contribution in [1.29, 1.82) is 0 Å². The molecule has 0 aliphatic rings. The van der Waals surface area contributed by atoms with Gasteiger partial charge in [0.15, 0.2) is 5.96 Å². The first kappa shape index (κ1) is 18.7. The fraction of sp³-hybridized carbons (Fsp3) is 0.353. The lowest BCUT2D eigenvalue weighted by Crippen LogP contribution is -2.40. The van der Waals surface area contributed by atoms with E-state index < -0.39 is 0 Å². The molecule has 2 rings (SSSR count). The summed E-state index contributed by atoms with van der Waals surface area (Å²) in [6.07, 6.45) is 0. The summed E-state index contributed by atoms with van der Waals surface area (Å²) in [6.45, 7) is 4.10. The summed E-state index contributed by atoms with van der Waals surface area (Å²) in [4.78, 5) is 16.1. The number of nitro groups is 1. The van der Waals surface area contributed by atoms with Crippen LogP contribution < -0.4 is 16.0 Å². The summed E-state index contributed by atoms with van der Waals surface area (Å²) < 4.78 is 0. The number of anilines is 1. The molecule has 3 N–H and O–H groups in total. The number of hydrogen-bond acceptors (Lipinski definition) is 5. The summed E-state index contributed by atoms with van der Waals surface area (Å²) in [5.74, 6) is 1.12. The van der Waals surface area contributed by atoms with Crippen LogP contribution in [0.1, 0.15) is 17.7 Å². The standard InChI is InChI=1S/C17H23N5O2S/c1-13(16-8-5-11-25-16)12-21-17(18-2)20-10-9-19-14-6-3-4-7-15(14)22(23)24/h3-8,11,13,19H,9-10,12H2,1-2H3,(H2,18,20,21). The topological polar surface area (TPSA) is 91.6 Å². The van der Waals surface area contributed by atoms with E-state index in [1.807, 2.05) is 0 Å². The maximum Gasteiger partial charge on any atom is 0.292 e. The lowest BCUT2D eigenvalue weighted by Gasteiger charge is -2.15. The minimum Gasteiger partial charge on any atom is -0.378 e. The molecule has 0 saturated carbocycles. The molecule has 1 atom stereocenters. The number of hydrogen-bond donors (Lipinski definition) is 3. The van der Waals surface area contributed by atoms with Crippen LogP contribution >= 0.6 is 11.3 Å². The fourth-order valence-corrected chi connectivity index (χ4v) is 3.09. The fourth-order valence-electron chi connectivity index (χ4n) is 2.30. The van der Waals surface area contributed by atoms with Crippen LogP contribution in [0.5, 0.6) is 0 Å². The SMILES string of the molecule is CN=C(NCCNc1ccccc1[N+](=O)[O-])NCC(C)c1cccs1. The molecule has 7 nitrogen and oxygen atoms in total. The average molecular weight is 361 g/mol. The normalized spacial score (nSPS) is 12.5. The summed E-state index contributed by atoms with van der Waals surface area (Å²) in [5.41, 5.74) is 0.596. The Kier molecular flexibility index (Phi) is 7.21. The Morgan fingerprint density at radius 2 is 2.04 bits per heavy atom. The second-order valence-corrected chi connectivity index (χ2v) is 6.48. The first-order valence-electron chi connectivity index (χ1n) is 8.07. The third-order valence-electron chi connectivity index (χ3n) is 3.66. The molecule has 0 radical (unpaired) electrons. The smallest absolute Gasteiger partial charge is 0.292 e. The zero-order valence-corrected chi connectivity index (χ0v) is 15.2. The van der Waals surface area contributed by atoms with Gasteiger partial charge in [-0.15, -0.1) is 11.3 Å². The lowest BCUT2D eigenvalue weighted by atomic mass is 10.1. The Balaban J connectivity index is 1.74. The summed E-state index contributed by atoms with van der Waals surface area (Å²) in [5, 5.41) is 22.6. The zero-order valence-electron chi connectivity index (χ0n) is 14.4. The molecular weight excluding hydrogens is 338 g/mol. The number of nitrogens with one attached hydrogen (secondary N) is 3. The molecule has 1 unspecified atom stereocenters. The molecule has 25 heavy (non-hydrogen) atoms. The predicted octanol–water partition coefficient (Wildman–Crippen LogP) is 3.04. The van der Waals surface area contributed by atoms with Gasteiger partial charge in [-0.1, -0.05) is 25.1 Å². The highest BCUT2D eigenvalue weighted by molar-refractivity contribution is 7.10. The Morgan fingerprint density at radius 3 is 2.72 bits per heavy atom. The van der Waals surface area contributed by atoms with E-state index in [0.29, 0.717) is 30.7 Å². The van der Waals surface area contributed by atoms with Crippen LogP contribution in [0.15, 0.2) is 46.8 Å². The molecule has 2 aromatic rings. The molecule has 0 aliphatic heterocycles. The van der Waals surface area contributed by atoms with Gasteiger partial charge in [0.05, 0.1) is 4.92 Å². The number of nitrogens with zero attached hydrogens (tertiary/aromatic N) is 2. The van der Waals surface area contributed by atoms with Crippen LogP contribution in [0.25, 0.3) is 0 Å². The molecule has 1 heterocycles. The van der Waals surface area contributed by atoms with Crippen molar-refractivity contribution in [3.63, 3.8) is 0 Å². The van der Waals surface area contributed by atoms with E-state index in [4.69, 9.17) is 0 Å². The number of guanidine groups is 1. The largest absolute Gasteiger partial charge is 0.378 e. The van der Waals surface area contributed by atoms with Crippen LogP contribution in [0.2, 0.25) is 0 Å². The first-order chi connectivity index (χ1) is 12.1. The van der Waals surface area contributed by atoms with Crippen LogP contribution in [0.4, 0.5) is 11.4 Å². The first-order valence-corrected chi connectivity index (χ1v) is 8.95. The summed E-state index contributed by atoms with van der Waals surface area (Å²) in [7, 11) is 1.72. The number of benzene rings is 1. The molecule has 0 bridgehead atoms. The number of thiophene rings is 1. The lowest BCUT2D eigenvalue weighted by molar-refractivity contribution is -0.384. The van der Waals surface area contributed by atoms with Gasteiger partial charge in [0, 0.05) is 43.5 Å². The molecule has 1 aromatic heterocycles. The van der Waals surface area contributed by atoms with Gasteiger partial charge in [-0.25, -0.2) is 0 Å². The van der Waals surface area contributed by atoms with Crippen LogP contribution in [-0.4, -0.2) is 37.6 Å². The minimum absolute atomic E-state index is 0.0785. The van der Waals surface area contributed by atoms with Gasteiger partial charge in [0.1, 0.15) is 5.69 Å². The van der Waals surface area contributed by atoms with Gasteiger partial charge < -0.3 is 16.0 Å². The quantitative estimate of drug-likeness (QED) is 0.221. The third-order valence-corrected chi connectivity index (χ3v) is 4.77. The van der Waals surface area contributed by atoms with Gasteiger partial charge in [-0.2, -0.15) is 0 Å². The van der Waals surface area contributed by atoms with E-state index in [0.717, 1.165) is 6.54 Å². The highest BCUT2D eigenvalue weighted by atomic mass is 32.1. The van der Waals surface area contributed by atoms with E-state index >= 15 is 0 Å².